The average Bonchev–Trinajstić information content (AvgIpc) is 2.75. The van der Waals surface area contributed by atoms with Crippen LogP contribution in [-0.4, -0.2) is 26.2 Å². The van der Waals surface area contributed by atoms with Crippen molar-refractivity contribution in [2.24, 2.45) is 0 Å². The molecule has 0 saturated carbocycles. The molecule has 0 aliphatic rings. The monoisotopic (exact) mass is 254 g/mol. The second-order valence-electron chi connectivity index (χ2n) is 3.23. The van der Waals surface area contributed by atoms with Gasteiger partial charge in [-0.2, -0.15) is 4.68 Å². The molecule has 0 unspecified atom stereocenters. The van der Waals surface area contributed by atoms with Crippen LogP contribution in [-0.2, 0) is 4.29 Å². The van der Waals surface area contributed by atoms with Crippen molar-refractivity contribution in [3.8, 4) is 5.69 Å². The Morgan fingerprint density at radius 2 is 2.29 bits per heavy atom. The van der Waals surface area contributed by atoms with Crippen molar-refractivity contribution in [3.63, 3.8) is 0 Å². The molecule has 88 valence electrons. The predicted molar refractivity (Wildman–Crippen MR) is 58.0 cm³/mol. The van der Waals surface area contributed by atoms with E-state index in [0.717, 1.165) is 4.68 Å². The molecule has 1 aromatic carbocycles. The van der Waals surface area contributed by atoms with E-state index >= 15 is 0 Å². The van der Waals surface area contributed by atoms with Crippen molar-refractivity contribution in [2.45, 2.75) is 6.92 Å². The zero-order valence-electron chi connectivity index (χ0n) is 8.68. The number of nitrogens with zero attached hydrogens (tertiary/aromatic N) is 3. The third-order valence-corrected chi connectivity index (χ3v) is 2.44. The molecule has 0 saturated heterocycles. The standard InChI is InChI=1S/C9H7ClN4O3/c1-5-6(8(15)17-10)3-2-4-7(5)14-9(16)11-12-13-14/h2-4H,1H3,(H,11,13,16). The van der Waals surface area contributed by atoms with E-state index in [1.807, 2.05) is 0 Å². The summed E-state index contributed by atoms with van der Waals surface area (Å²) in [4.78, 5) is 22.7. The number of rotatable bonds is 2. The van der Waals surface area contributed by atoms with Gasteiger partial charge in [-0.1, -0.05) is 6.07 Å². The van der Waals surface area contributed by atoms with Gasteiger partial charge in [0.05, 0.1) is 11.3 Å². The van der Waals surface area contributed by atoms with Gasteiger partial charge in [-0.3, -0.25) is 0 Å². The van der Waals surface area contributed by atoms with E-state index in [4.69, 9.17) is 11.9 Å². The lowest BCUT2D eigenvalue weighted by Gasteiger charge is -2.06. The van der Waals surface area contributed by atoms with Crippen molar-refractivity contribution in [2.75, 3.05) is 0 Å². The van der Waals surface area contributed by atoms with Crippen LogP contribution in [0.2, 0.25) is 0 Å². The molecule has 2 aromatic rings. The fraction of sp³-hybridized carbons (Fsp3) is 0.111. The summed E-state index contributed by atoms with van der Waals surface area (Å²) < 4.78 is 5.16. The normalized spacial score (nSPS) is 10.2. The van der Waals surface area contributed by atoms with Gasteiger partial charge in [-0.15, -0.1) is 0 Å². The van der Waals surface area contributed by atoms with Gasteiger partial charge in [-0.05, 0) is 35.0 Å². The molecule has 8 heteroatoms. The summed E-state index contributed by atoms with van der Waals surface area (Å²) in [6.45, 7) is 1.65. The van der Waals surface area contributed by atoms with Crippen LogP contribution in [0.25, 0.3) is 5.69 Å². The summed E-state index contributed by atoms with van der Waals surface area (Å²) in [5.74, 6) is -0.692. The van der Waals surface area contributed by atoms with Gasteiger partial charge in [0.1, 0.15) is 11.9 Å². The molecule has 0 fully saturated rings. The van der Waals surface area contributed by atoms with E-state index in [2.05, 4.69) is 19.8 Å². The molecule has 0 aliphatic carbocycles. The first-order chi connectivity index (χ1) is 8.15. The first-order valence-corrected chi connectivity index (χ1v) is 4.89. The van der Waals surface area contributed by atoms with Gasteiger partial charge in [0.25, 0.3) is 0 Å². The molecule has 1 aromatic heterocycles. The summed E-state index contributed by atoms with van der Waals surface area (Å²) in [5.41, 5.74) is 0.717. The molecule has 0 atom stereocenters. The molecule has 0 bridgehead atoms. The van der Waals surface area contributed by atoms with Gasteiger partial charge in [-0.25, -0.2) is 14.7 Å². The van der Waals surface area contributed by atoms with Crippen LogP contribution in [0.4, 0.5) is 0 Å². The highest BCUT2D eigenvalue weighted by Crippen LogP contribution is 2.17. The van der Waals surface area contributed by atoms with E-state index in [1.54, 1.807) is 19.1 Å². The Hall–Kier alpha value is -2.15. The summed E-state index contributed by atoms with van der Waals surface area (Å²) in [5, 5.41) is 9.11. The second kappa shape index (κ2) is 4.38. The molecule has 2 rings (SSSR count). The highest BCUT2D eigenvalue weighted by atomic mass is 35.5. The fourth-order valence-electron chi connectivity index (χ4n) is 1.47. The number of carbonyl (C=O) groups excluding carboxylic acids is 1. The minimum Gasteiger partial charge on any atom is -0.343 e. The van der Waals surface area contributed by atoms with E-state index < -0.39 is 11.7 Å². The largest absolute Gasteiger partial charge is 0.365 e. The quantitative estimate of drug-likeness (QED) is 0.846. The van der Waals surface area contributed by atoms with Gasteiger partial charge in [0, 0.05) is 0 Å². The third-order valence-electron chi connectivity index (χ3n) is 2.30. The Morgan fingerprint density at radius 1 is 1.53 bits per heavy atom. The van der Waals surface area contributed by atoms with Crippen LogP contribution in [0.15, 0.2) is 23.0 Å². The molecule has 1 heterocycles. The topological polar surface area (TPSA) is 89.9 Å². The first-order valence-electron chi connectivity index (χ1n) is 4.58. The predicted octanol–water partition coefficient (Wildman–Crippen LogP) is 0.575. The van der Waals surface area contributed by atoms with Crippen LogP contribution in [0.1, 0.15) is 15.9 Å². The number of tetrazole rings is 1. The van der Waals surface area contributed by atoms with Gasteiger partial charge in [0.2, 0.25) is 0 Å². The number of nitrogens with one attached hydrogen (secondary N) is 1. The molecular weight excluding hydrogens is 248 g/mol. The zero-order valence-corrected chi connectivity index (χ0v) is 9.43. The zero-order chi connectivity index (χ0) is 12.4. The highest BCUT2D eigenvalue weighted by Gasteiger charge is 2.15. The lowest BCUT2D eigenvalue weighted by molar-refractivity contribution is 0.0750. The van der Waals surface area contributed by atoms with Crippen LogP contribution in [0.5, 0.6) is 0 Å². The number of halogens is 1. The molecule has 7 nitrogen and oxygen atoms in total. The van der Waals surface area contributed by atoms with Crippen molar-refractivity contribution in [1.82, 2.24) is 20.2 Å². The van der Waals surface area contributed by atoms with Crippen molar-refractivity contribution < 1.29 is 9.08 Å². The van der Waals surface area contributed by atoms with Crippen LogP contribution in [0.3, 0.4) is 0 Å². The molecule has 17 heavy (non-hydrogen) atoms. The average molecular weight is 255 g/mol. The smallest absolute Gasteiger partial charge is 0.343 e. The number of aromatic nitrogens is 4. The number of benzene rings is 1. The molecule has 1 N–H and O–H groups in total. The van der Waals surface area contributed by atoms with E-state index in [0.29, 0.717) is 11.3 Å². The highest BCUT2D eigenvalue weighted by molar-refractivity contribution is 6.16. The number of carbonyl (C=O) groups is 1. The van der Waals surface area contributed by atoms with E-state index in [9.17, 15) is 9.59 Å². The van der Waals surface area contributed by atoms with E-state index in [1.165, 1.54) is 6.07 Å². The SMILES string of the molecule is Cc1c(C(=O)OCl)cccc1-n1nn[nH]c1=O. The molecular formula is C9H7ClN4O3. The van der Waals surface area contributed by atoms with Gasteiger partial charge < -0.3 is 4.29 Å². The Labute approximate surface area is 100 Å². The number of H-pyrrole nitrogens is 1. The molecule has 0 amide bonds. The minimum absolute atomic E-state index is 0.257. The van der Waals surface area contributed by atoms with E-state index in [-0.39, 0.29) is 5.56 Å². The summed E-state index contributed by atoms with van der Waals surface area (Å²) in [7, 11) is 0. The van der Waals surface area contributed by atoms with Crippen molar-refractivity contribution in [1.29, 1.82) is 0 Å². The first kappa shape index (κ1) is 11.3. The molecule has 0 spiro atoms. The lowest BCUT2D eigenvalue weighted by Crippen LogP contribution is -2.18. The van der Waals surface area contributed by atoms with Crippen molar-refractivity contribution >= 4 is 17.8 Å². The summed E-state index contributed by atoms with van der Waals surface area (Å²) >= 11 is 5.01. The van der Waals surface area contributed by atoms with Crippen LogP contribution in [0, 0.1) is 6.92 Å². The molecule has 0 radical (unpaired) electrons. The minimum atomic E-state index is -0.692. The fourth-order valence-corrected chi connectivity index (χ4v) is 1.55. The summed E-state index contributed by atoms with van der Waals surface area (Å²) in [6.07, 6.45) is 0. The molecule has 0 aliphatic heterocycles. The maximum atomic E-state index is 11.4. The van der Waals surface area contributed by atoms with Crippen LogP contribution >= 0.6 is 11.9 Å². The Kier molecular flexibility index (Phi) is 2.92. The number of hydrogen-bond acceptors (Lipinski definition) is 5. The Morgan fingerprint density at radius 3 is 2.88 bits per heavy atom. The van der Waals surface area contributed by atoms with Crippen LogP contribution < -0.4 is 5.69 Å². The number of aromatic amines is 1. The maximum Gasteiger partial charge on any atom is 0.365 e. The third kappa shape index (κ3) is 1.92. The lowest BCUT2D eigenvalue weighted by atomic mass is 10.1. The number of hydrogen-bond donors (Lipinski definition) is 1. The maximum absolute atomic E-state index is 11.4. The second-order valence-corrected chi connectivity index (χ2v) is 3.39. The Bertz CT molecular complexity index is 619. The Balaban J connectivity index is 2.62. The summed E-state index contributed by atoms with van der Waals surface area (Å²) in [6, 6.07) is 4.76. The van der Waals surface area contributed by atoms with Gasteiger partial charge >= 0.3 is 11.7 Å². The van der Waals surface area contributed by atoms with Crippen molar-refractivity contribution in [3.05, 3.63) is 39.8 Å². The van der Waals surface area contributed by atoms with Gasteiger partial charge in [0.15, 0.2) is 0 Å².